The molecule has 0 saturated carbocycles. The molecule has 0 bridgehead atoms. The molecule has 1 aromatic rings. The van der Waals surface area contributed by atoms with Crippen molar-refractivity contribution in [3.8, 4) is 0 Å². The first-order chi connectivity index (χ1) is 10.2. The van der Waals surface area contributed by atoms with E-state index in [1.807, 2.05) is 18.1 Å². The van der Waals surface area contributed by atoms with Gasteiger partial charge < -0.3 is 15.1 Å². The highest BCUT2D eigenvalue weighted by atomic mass is 32.2. The molecular formula is C13H22N6OS. The molecule has 1 aromatic heterocycles. The maximum absolute atomic E-state index is 12.3. The highest BCUT2D eigenvalue weighted by Gasteiger charge is 2.27. The van der Waals surface area contributed by atoms with Crippen molar-refractivity contribution < 1.29 is 4.79 Å². The van der Waals surface area contributed by atoms with Gasteiger partial charge in [-0.25, -0.2) is 0 Å². The summed E-state index contributed by atoms with van der Waals surface area (Å²) in [5, 5.41) is 7.40. The number of nitrogens with one attached hydrogen (secondary N) is 1. The Balaban J connectivity index is 1.95. The Hall–Kier alpha value is -1.70. The van der Waals surface area contributed by atoms with E-state index in [1.54, 1.807) is 34.6 Å². The van der Waals surface area contributed by atoms with Gasteiger partial charge >= 0.3 is 0 Å². The number of rotatable bonds is 4. The number of aryl methyl sites for hydroxylation is 1. The van der Waals surface area contributed by atoms with Gasteiger partial charge in [0.2, 0.25) is 5.91 Å². The lowest BCUT2D eigenvalue weighted by atomic mass is 10.3. The molecular weight excluding hydrogens is 288 g/mol. The van der Waals surface area contributed by atoms with Crippen LogP contribution in [0.15, 0.2) is 17.4 Å². The number of piperazine rings is 1. The first kappa shape index (κ1) is 15.7. The predicted octanol–water partition coefficient (Wildman–Crippen LogP) is 0.00710. The minimum absolute atomic E-state index is 0.0714. The Labute approximate surface area is 129 Å². The third kappa shape index (κ3) is 3.90. The third-order valence-corrected chi connectivity index (χ3v) is 3.94. The molecule has 8 heteroatoms. The van der Waals surface area contributed by atoms with E-state index in [1.165, 1.54) is 0 Å². The van der Waals surface area contributed by atoms with Crippen LogP contribution in [0.1, 0.15) is 0 Å². The molecule has 1 fully saturated rings. The fraction of sp³-hybridized carbons (Fsp3) is 0.615. The van der Waals surface area contributed by atoms with E-state index in [0.29, 0.717) is 13.1 Å². The van der Waals surface area contributed by atoms with E-state index < -0.39 is 0 Å². The van der Waals surface area contributed by atoms with Crippen molar-refractivity contribution in [3.05, 3.63) is 12.4 Å². The molecule has 2 heterocycles. The van der Waals surface area contributed by atoms with E-state index >= 15 is 0 Å². The molecule has 1 amide bonds. The number of hydrogen-bond donors (Lipinski definition) is 1. The lowest BCUT2D eigenvalue weighted by molar-refractivity contribution is -0.120. The monoisotopic (exact) mass is 310 g/mol. The van der Waals surface area contributed by atoms with Gasteiger partial charge in [-0.3, -0.25) is 14.5 Å². The van der Waals surface area contributed by atoms with Gasteiger partial charge in [0.05, 0.1) is 11.9 Å². The summed E-state index contributed by atoms with van der Waals surface area (Å²) in [5.41, 5.74) is 0.854. The van der Waals surface area contributed by atoms with Crippen LogP contribution in [0.3, 0.4) is 0 Å². The molecule has 0 aromatic carbocycles. The van der Waals surface area contributed by atoms with Crippen molar-refractivity contribution in [2.75, 3.05) is 50.1 Å². The molecule has 0 spiro atoms. The smallest absolute Gasteiger partial charge is 0.246 e. The molecule has 1 aliphatic heterocycles. The van der Waals surface area contributed by atoms with Gasteiger partial charge in [-0.15, -0.1) is 0 Å². The van der Waals surface area contributed by atoms with Crippen LogP contribution < -0.4 is 10.2 Å². The SMILES string of the molecule is CN=C(NCCSC)N1CCN(c2cnn(C)c2)C(=O)C1. The molecule has 21 heavy (non-hydrogen) atoms. The maximum atomic E-state index is 12.3. The number of anilines is 1. The molecule has 2 rings (SSSR count). The lowest BCUT2D eigenvalue weighted by Gasteiger charge is -2.35. The highest BCUT2D eigenvalue weighted by Crippen LogP contribution is 2.15. The van der Waals surface area contributed by atoms with Crippen LogP contribution in [0.5, 0.6) is 0 Å². The maximum Gasteiger partial charge on any atom is 0.246 e. The Kier molecular flexibility index (Phi) is 5.49. The van der Waals surface area contributed by atoms with Gasteiger partial charge in [0.15, 0.2) is 5.96 Å². The van der Waals surface area contributed by atoms with Crippen LogP contribution in [-0.2, 0) is 11.8 Å². The molecule has 1 N–H and O–H groups in total. The summed E-state index contributed by atoms with van der Waals surface area (Å²) in [7, 11) is 3.60. The number of thioether (sulfide) groups is 1. The van der Waals surface area contributed by atoms with Crippen LogP contribution in [-0.4, -0.2) is 71.8 Å². The van der Waals surface area contributed by atoms with E-state index in [-0.39, 0.29) is 5.91 Å². The number of aromatic nitrogens is 2. The summed E-state index contributed by atoms with van der Waals surface area (Å²) < 4.78 is 1.71. The molecule has 0 aliphatic carbocycles. The average molecular weight is 310 g/mol. The quantitative estimate of drug-likeness (QED) is 0.482. The van der Waals surface area contributed by atoms with E-state index in [9.17, 15) is 4.79 Å². The van der Waals surface area contributed by atoms with Crippen LogP contribution in [0.2, 0.25) is 0 Å². The lowest BCUT2D eigenvalue weighted by Crippen LogP contribution is -2.55. The van der Waals surface area contributed by atoms with E-state index in [2.05, 4.69) is 21.7 Å². The van der Waals surface area contributed by atoms with Crippen molar-refractivity contribution >= 4 is 29.3 Å². The van der Waals surface area contributed by atoms with Gasteiger partial charge in [0.1, 0.15) is 6.54 Å². The van der Waals surface area contributed by atoms with Gasteiger partial charge in [-0.05, 0) is 6.26 Å². The molecule has 7 nitrogen and oxygen atoms in total. The zero-order valence-corrected chi connectivity index (χ0v) is 13.6. The Morgan fingerprint density at radius 1 is 1.52 bits per heavy atom. The summed E-state index contributed by atoms with van der Waals surface area (Å²) in [6.07, 6.45) is 5.65. The topological polar surface area (TPSA) is 65.8 Å². The normalized spacial score (nSPS) is 16.5. The average Bonchev–Trinajstić information content (AvgIpc) is 2.90. The summed E-state index contributed by atoms with van der Waals surface area (Å²) in [5.74, 6) is 1.88. The van der Waals surface area contributed by atoms with E-state index in [4.69, 9.17) is 0 Å². The first-order valence-corrected chi connectivity index (χ1v) is 8.28. The summed E-state index contributed by atoms with van der Waals surface area (Å²) >= 11 is 1.78. The third-order valence-electron chi connectivity index (χ3n) is 3.32. The molecule has 0 atom stereocenters. The van der Waals surface area contributed by atoms with Gasteiger partial charge in [0.25, 0.3) is 0 Å². The number of nitrogens with zero attached hydrogens (tertiary/aromatic N) is 5. The second-order valence-electron chi connectivity index (χ2n) is 4.81. The van der Waals surface area contributed by atoms with E-state index in [0.717, 1.165) is 30.5 Å². The minimum atomic E-state index is 0.0714. The second-order valence-corrected chi connectivity index (χ2v) is 5.79. The van der Waals surface area contributed by atoms with Crippen molar-refractivity contribution in [1.82, 2.24) is 20.0 Å². The Morgan fingerprint density at radius 3 is 2.90 bits per heavy atom. The summed E-state index contributed by atoms with van der Waals surface area (Å²) in [4.78, 5) is 20.4. The second kappa shape index (κ2) is 7.35. The number of carbonyl (C=O) groups is 1. The summed E-state index contributed by atoms with van der Waals surface area (Å²) in [6.45, 7) is 2.60. The van der Waals surface area contributed by atoms with Gasteiger partial charge in [0, 0.05) is 45.7 Å². The molecule has 0 unspecified atom stereocenters. The zero-order chi connectivity index (χ0) is 15.2. The van der Waals surface area contributed by atoms with Gasteiger partial charge in [-0.2, -0.15) is 16.9 Å². The molecule has 1 saturated heterocycles. The number of carbonyl (C=O) groups excluding carboxylic acids is 1. The molecule has 116 valence electrons. The number of amides is 1. The fourth-order valence-electron chi connectivity index (χ4n) is 2.27. The predicted molar refractivity (Wildman–Crippen MR) is 86.9 cm³/mol. The number of aliphatic imine (C=N–C) groups is 1. The van der Waals surface area contributed by atoms with Crippen LogP contribution in [0, 0.1) is 0 Å². The van der Waals surface area contributed by atoms with Crippen LogP contribution >= 0.6 is 11.8 Å². The zero-order valence-electron chi connectivity index (χ0n) is 12.7. The van der Waals surface area contributed by atoms with Crippen molar-refractivity contribution in [2.45, 2.75) is 0 Å². The van der Waals surface area contributed by atoms with Gasteiger partial charge in [-0.1, -0.05) is 0 Å². The molecule has 0 radical (unpaired) electrons. The minimum Gasteiger partial charge on any atom is -0.355 e. The Morgan fingerprint density at radius 2 is 2.33 bits per heavy atom. The number of guanidine groups is 1. The van der Waals surface area contributed by atoms with Crippen LogP contribution in [0.4, 0.5) is 5.69 Å². The summed E-state index contributed by atoms with van der Waals surface area (Å²) in [6, 6.07) is 0. The van der Waals surface area contributed by atoms with Crippen molar-refractivity contribution in [3.63, 3.8) is 0 Å². The number of hydrogen-bond acceptors (Lipinski definition) is 4. The van der Waals surface area contributed by atoms with Crippen molar-refractivity contribution in [2.24, 2.45) is 12.0 Å². The largest absolute Gasteiger partial charge is 0.355 e. The standard InChI is InChI=1S/C13H22N6OS/c1-14-13(15-4-7-21-3)18-5-6-19(12(20)10-18)11-8-16-17(2)9-11/h8-9H,4-7,10H2,1-3H3,(H,14,15). The fourth-order valence-corrected chi connectivity index (χ4v) is 2.58. The van der Waals surface area contributed by atoms with Crippen LogP contribution in [0.25, 0.3) is 0 Å². The Bertz CT molecular complexity index is 515. The molecule has 1 aliphatic rings. The first-order valence-electron chi connectivity index (χ1n) is 6.89. The highest BCUT2D eigenvalue weighted by molar-refractivity contribution is 7.98. The van der Waals surface area contributed by atoms with Crippen molar-refractivity contribution in [1.29, 1.82) is 0 Å².